The number of carbonyl (C=O) groups excluding carboxylic acids is 1. The number of alkyl halides is 1. The number of hydrogen-bond donors (Lipinski definition) is 0. The van der Waals surface area contributed by atoms with Crippen molar-refractivity contribution in [3.63, 3.8) is 0 Å². The molecule has 6 heteroatoms. The maximum atomic E-state index is 12.0. The lowest BCUT2D eigenvalue weighted by Crippen LogP contribution is -2.21. The highest BCUT2D eigenvalue weighted by Crippen LogP contribution is 2.26. The minimum absolute atomic E-state index is 0.275. The summed E-state index contributed by atoms with van der Waals surface area (Å²) in [6, 6.07) is 5.15. The SMILES string of the molecule is CCOC(=O)C(C)n1c(CCCl)nc2cc(OC)ccc21. The molecular formula is C15H19ClN2O3. The first-order valence-corrected chi connectivity index (χ1v) is 7.43. The Bertz CT molecular complexity index is 639. The summed E-state index contributed by atoms with van der Waals surface area (Å²) in [5.74, 6) is 1.67. The number of esters is 1. The summed E-state index contributed by atoms with van der Waals surface area (Å²) in [5, 5.41) is 0. The molecule has 1 aromatic heterocycles. The molecule has 21 heavy (non-hydrogen) atoms. The van der Waals surface area contributed by atoms with Crippen LogP contribution in [-0.4, -0.2) is 35.1 Å². The third-order valence-corrected chi connectivity index (χ3v) is 3.49. The van der Waals surface area contributed by atoms with Crippen molar-refractivity contribution in [2.24, 2.45) is 0 Å². The van der Waals surface area contributed by atoms with Crippen LogP contribution in [0, 0.1) is 0 Å². The highest BCUT2D eigenvalue weighted by molar-refractivity contribution is 6.17. The van der Waals surface area contributed by atoms with Gasteiger partial charge in [0.1, 0.15) is 17.6 Å². The first-order chi connectivity index (χ1) is 10.1. The number of ether oxygens (including phenoxy) is 2. The van der Waals surface area contributed by atoms with E-state index in [1.54, 1.807) is 21.0 Å². The van der Waals surface area contributed by atoms with E-state index in [0.717, 1.165) is 22.6 Å². The lowest BCUT2D eigenvalue weighted by molar-refractivity contribution is -0.146. The van der Waals surface area contributed by atoms with E-state index in [0.29, 0.717) is 18.9 Å². The molecule has 0 aliphatic carbocycles. The van der Waals surface area contributed by atoms with Gasteiger partial charge in [-0.3, -0.25) is 0 Å². The van der Waals surface area contributed by atoms with Crippen molar-refractivity contribution in [2.75, 3.05) is 19.6 Å². The third-order valence-electron chi connectivity index (χ3n) is 3.30. The maximum absolute atomic E-state index is 12.0. The van der Waals surface area contributed by atoms with Gasteiger partial charge in [0.25, 0.3) is 0 Å². The summed E-state index contributed by atoms with van der Waals surface area (Å²) >= 11 is 5.85. The van der Waals surface area contributed by atoms with Gasteiger partial charge in [-0.2, -0.15) is 0 Å². The fraction of sp³-hybridized carbons (Fsp3) is 0.467. The van der Waals surface area contributed by atoms with Crippen LogP contribution in [0.4, 0.5) is 0 Å². The molecule has 0 fully saturated rings. The van der Waals surface area contributed by atoms with Gasteiger partial charge in [-0.05, 0) is 26.0 Å². The molecule has 1 atom stereocenters. The van der Waals surface area contributed by atoms with Crippen LogP contribution >= 0.6 is 11.6 Å². The van der Waals surface area contributed by atoms with Gasteiger partial charge >= 0.3 is 5.97 Å². The van der Waals surface area contributed by atoms with Crippen molar-refractivity contribution in [2.45, 2.75) is 26.3 Å². The van der Waals surface area contributed by atoms with Crippen molar-refractivity contribution in [1.29, 1.82) is 0 Å². The van der Waals surface area contributed by atoms with Gasteiger partial charge < -0.3 is 14.0 Å². The molecule has 0 bridgehead atoms. The summed E-state index contributed by atoms with van der Waals surface area (Å²) in [4.78, 5) is 16.6. The van der Waals surface area contributed by atoms with Crippen molar-refractivity contribution in [3.05, 3.63) is 24.0 Å². The number of fused-ring (bicyclic) bond motifs is 1. The minimum atomic E-state index is -0.443. The Balaban J connectivity index is 2.52. The van der Waals surface area contributed by atoms with Crippen LogP contribution in [0.25, 0.3) is 11.0 Å². The van der Waals surface area contributed by atoms with E-state index in [-0.39, 0.29) is 5.97 Å². The Kier molecular flexibility index (Phi) is 5.07. The highest BCUT2D eigenvalue weighted by atomic mass is 35.5. The molecule has 0 spiro atoms. The molecule has 0 aliphatic heterocycles. The lowest BCUT2D eigenvalue weighted by Gasteiger charge is -2.16. The second-order valence-electron chi connectivity index (χ2n) is 4.62. The topological polar surface area (TPSA) is 53.4 Å². The van der Waals surface area contributed by atoms with Gasteiger partial charge in [0.15, 0.2) is 0 Å². The summed E-state index contributed by atoms with van der Waals surface area (Å²) in [7, 11) is 1.61. The molecular weight excluding hydrogens is 292 g/mol. The standard InChI is InChI=1S/C15H19ClN2O3/c1-4-21-15(19)10(2)18-13-6-5-11(20-3)9-12(13)17-14(18)7-8-16/h5-6,9-10H,4,7-8H2,1-3H3. The molecule has 0 saturated heterocycles. The fourth-order valence-corrected chi connectivity index (χ4v) is 2.49. The van der Waals surface area contributed by atoms with Crippen LogP contribution in [0.2, 0.25) is 0 Å². The predicted molar refractivity (Wildman–Crippen MR) is 82.1 cm³/mol. The third kappa shape index (κ3) is 3.13. The maximum Gasteiger partial charge on any atom is 0.328 e. The predicted octanol–water partition coefficient (Wildman–Crippen LogP) is 2.95. The van der Waals surface area contributed by atoms with Crippen LogP contribution in [0.3, 0.4) is 0 Å². The van der Waals surface area contributed by atoms with E-state index in [1.165, 1.54) is 0 Å². The zero-order valence-electron chi connectivity index (χ0n) is 12.4. The van der Waals surface area contributed by atoms with Crippen LogP contribution in [0.1, 0.15) is 25.7 Å². The number of aryl methyl sites for hydroxylation is 1. The van der Waals surface area contributed by atoms with E-state index < -0.39 is 6.04 Å². The number of carbonyl (C=O) groups is 1. The number of rotatable bonds is 6. The van der Waals surface area contributed by atoms with Crippen LogP contribution in [0.15, 0.2) is 18.2 Å². The number of imidazole rings is 1. The van der Waals surface area contributed by atoms with Gasteiger partial charge in [-0.1, -0.05) is 0 Å². The Morgan fingerprint density at radius 1 is 1.48 bits per heavy atom. The average Bonchev–Trinajstić information content (AvgIpc) is 2.83. The summed E-state index contributed by atoms with van der Waals surface area (Å²) < 4.78 is 12.2. The zero-order chi connectivity index (χ0) is 15.4. The van der Waals surface area contributed by atoms with Gasteiger partial charge in [-0.25, -0.2) is 9.78 Å². The quantitative estimate of drug-likeness (QED) is 0.608. The molecule has 0 N–H and O–H groups in total. The van der Waals surface area contributed by atoms with Gasteiger partial charge in [0, 0.05) is 18.4 Å². The van der Waals surface area contributed by atoms with Crippen LogP contribution in [0.5, 0.6) is 5.75 Å². The highest BCUT2D eigenvalue weighted by Gasteiger charge is 2.22. The van der Waals surface area contributed by atoms with E-state index in [4.69, 9.17) is 21.1 Å². The van der Waals surface area contributed by atoms with Crippen molar-refractivity contribution in [3.8, 4) is 5.75 Å². The number of benzene rings is 1. The number of aromatic nitrogens is 2. The average molecular weight is 311 g/mol. The largest absolute Gasteiger partial charge is 0.497 e. The van der Waals surface area contributed by atoms with Gasteiger partial charge in [0.05, 0.1) is 24.8 Å². The van der Waals surface area contributed by atoms with Crippen molar-refractivity contribution < 1.29 is 14.3 Å². The molecule has 0 amide bonds. The van der Waals surface area contributed by atoms with Crippen LogP contribution in [-0.2, 0) is 16.0 Å². The van der Waals surface area contributed by atoms with Gasteiger partial charge in [0.2, 0.25) is 0 Å². The number of halogens is 1. The first-order valence-electron chi connectivity index (χ1n) is 6.89. The number of hydrogen-bond acceptors (Lipinski definition) is 4. The van der Waals surface area contributed by atoms with Crippen molar-refractivity contribution in [1.82, 2.24) is 9.55 Å². The Labute approximate surface area is 128 Å². The molecule has 1 unspecified atom stereocenters. The number of nitrogens with zero attached hydrogens (tertiary/aromatic N) is 2. The summed E-state index contributed by atoms with van der Waals surface area (Å²) in [6.45, 7) is 3.96. The second kappa shape index (κ2) is 6.80. The van der Waals surface area contributed by atoms with E-state index in [9.17, 15) is 4.79 Å². The van der Waals surface area contributed by atoms with Crippen molar-refractivity contribution >= 4 is 28.6 Å². The fourth-order valence-electron chi connectivity index (χ4n) is 2.32. The number of methoxy groups -OCH3 is 1. The van der Waals surface area contributed by atoms with E-state index in [2.05, 4.69) is 4.98 Å². The van der Waals surface area contributed by atoms with E-state index >= 15 is 0 Å². The second-order valence-corrected chi connectivity index (χ2v) is 5.00. The molecule has 0 saturated carbocycles. The van der Waals surface area contributed by atoms with E-state index in [1.807, 2.05) is 22.8 Å². The van der Waals surface area contributed by atoms with Gasteiger partial charge in [-0.15, -0.1) is 11.6 Å². The Morgan fingerprint density at radius 3 is 2.86 bits per heavy atom. The zero-order valence-corrected chi connectivity index (χ0v) is 13.2. The first kappa shape index (κ1) is 15.6. The smallest absolute Gasteiger partial charge is 0.328 e. The molecule has 5 nitrogen and oxygen atoms in total. The molecule has 0 aliphatic rings. The summed E-state index contributed by atoms with van der Waals surface area (Å²) in [6.07, 6.45) is 0.586. The molecule has 0 radical (unpaired) electrons. The molecule has 2 aromatic rings. The lowest BCUT2D eigenvalue weighted by atomic mass is 10.2. The minimum Gasteiger partial charge on any atom is -0.497 e. The Morgan fingerprint density at radius 2 is 2.24 bits per heavy atom. The normalized spacial score (nSPS) is 12.4. The molecule has 1 aromatic carbocycles. The monoisotopic (exact) mass is 310 g/mol. The van der Waals surface area contributed by atoms with Crippen LogP contribution < -0.4 is 4.74 Å². The summed E-state index contributed by atoms with van der Waals surface area (Å²) in [5.41, 5.74) is 1.65. The molecule has 2 rings (SSSR count). The Hall–Kier alpha value is -1.75. The molecule has 1 heterocycles. The molecule has 114 valence electrons.